The topological polar surface area (TPSA) is 54.7 Å². The molecule has 1 atom stereocenters. The van der Waals surface area contributed by atoms with Crippen LogP contribution in [0.5, 0.6) is 0 Å². The Balaban J connectivity index is 2.08. The maximum Gasteiger partial charge on any atom is 0.125 e. The van der Waals surface area contributed by atoms with E-state index in [0.29, 0.717) is 0 Å². The Morgan fingerprint density at radius 1 is 1.50 bits per heavy atom. The van der Waals surface area contributed by atoms with Gasteiger partial charge < -0.3 is 10.7 Å². The molecule has 0 fully saturated rings. The van der Waals surface area contributed by atoms with E-state index in [9.17, 15) is 4.39 Å². The summed E-state index contributed by atoms with van der Waals surface area (Å²) in [7, 11) is 0. The Labute approximate surface area is 93.9 Å². The summed E-state index contributed by atoms with van der Waals surface area (Å²) in [5.74, 6) is 0.666. The number of imidazole rings is 1. The number of H-pyrrole nitrogens is 1. The van der Waals surface area contributed by atoms with Gasteiger partial charge in [-0.1, -0.05) is 0 Å². The summed E-state index contributed by atoms with van der Waals surface area (Å²) in [5.41, 5.74) is 7.25. The van der Waals surface area contributed by atoms with Gasteiger partial charge in [-0.15, -0.1) is 0 Å². The molecule has 4 heteroatoms. The molecular weight excluding hydrogens is 205 g/mol. The van der Waals surface area contributed by atoms with E-state index in [-0.39, 0.29) is 11.9 Å². The highest BCUT2D eigenvalue weighted by Gasteiger charge is 2.04. The summed E-state index contributed by atoms with van der Waals surface area (Å²) in [6.45, 7) is 1.99. The molecule has 0 saturated carbocycles. The maximum atomic E-state index is 12.9. The van der Waals surface area contributed by atoms with E-state index in [1.807, 2.05) is 6.92 Å². The summed E-state index contributed by atoms with van der Waals surface area (Å²) in [6, 6.07) is 4.81. The summed E-state index contributed by atoms with van der Waals surface area (Å²) >= 11 is 0. The molecule has 86 valence electrons. The van der Waals surface area contributed by atoms with Gasteiger partial charge in [-0.05, 0) is 38.0 Å². The molecular formula is C12H16FN3. The summed E-state index contributed by atoms with van der Waals surface area (Å²) in [4.78, 5) is 7.51. The van der Waals surface area contributed by atoms with Crippen molar-refractivity contribution in [3.8, 4) is 0 Å². The highest BCUT2D eigenvalue weighted by Crippen LogP contribution is 2.14. The summed E-state index contributed by atoms with van der Waals surface area (Å²) < 4.78 is 12.9. The van der Waals surface area contributed by atoms with Gasteiger partial charge in [-0.3, -0.25) is 0 Å². The number of halogens is 1. The number of aryl methyl sites for hydroxylation is 1. The number of nitrogens with one attached hydrogen (secondary N) is 1. The van der Waals surface area contributed by atoms with E-state index < -0.39 is 0 Å². The molecule has 0 radical (unpaired) electrons. The quantitative estimate of drug-likeness (QED) is 0.832. The van der Waals surface area contributed by atoms with Crippen LogP contribution in [-0.2, 0) is 6.42 Å². The van der Waals surface area contributed by atoms with Crippen molar-refractivity contribution in [1.29, 1.82) is 0 Å². The lowest BCUT2D eigenvalue weighted by molar-refractivity contribution is 0.616. The zero-order chi connectivity index (χ0) is 11.5. The van der Waals surface area contributed by atoms with Crippen molar-refractivity contribution in [1.82, 2.24) is 9.97 Å². The van der Waals surface area contributed by atoms with Crippen LogP contribution in [0.2, 0.25) is 0 Å². The fourth-order valence-electron chi connectivity index (χ4n) is 1.74. The van der Waals surface area contributed by atoms with E-state index in [0.717, 1.165) is 36.1 Å². The van der Waals surface area contributed by atoms with E-state index in [2.05, 4.69) is 9.97 Å². The van der Waals surface area contributed by atoms with Gasteiger partial charge in [0.15, 0.2) is 0 Å². The molecule has 3 nitrogen and oxygen atoms in total. The number of rotatable bonds is 4. The Morgan fingerprint density at radius 3 is 3.06 bits per heavy atom. The first-order valence-electron chi connectivity index (χ1n) is 5.55. The molecule has 1 unspecified atom stereocenters. The van der Waals surface area contributed by atoms with E-state index in [1.54, 1.807) is 6.07 Å². The molecule has 0 saturated heterocycles. The van der Waals surface area contributed by atoms with E-state index in [1.165, 1.54) is 12.1 Å². The van der Waals surface area contributed by atoms with Gasteiger partial charge in [-0.25, -0.2) is 9.37 Å². The van der Waals surface area contributed by atoms with Crippen molar-refractivity contribution in [3.05, 3.63) is 29.8 Å². The Hall–Kier alpha value is -1.42. The van der Waals surface area contributed by atoms with Gasteiger partial charge in [0.1, 0.15) is 11.6 Å². The molecule has 0 amide bonds. The smallest absolute Gasteiger partial charge is 0.125 e. The number of nitrogens with zero attached hydrogens (tertiary/aromatic N) is 1. The van der Waals surface area contributed by atoms with Crippen LogP contribution >= 0.6 is 0 Å². The Bertz CT molecular complexity index is 476. The lowest BCUT2D eigenvalue weighted by Gasteiger charge is -2.01. The summed E-state index contributed by atoms with van der Waals surface area (Å²) in [6.07, 6.45) is 2.84. The molecule has 0 aliphatic heterocycles. The number of fused-ring (bicyclic) bond motifs is 1. The highest BCUT2D eigenvalue weighted by atomic mass is 19.1. The number of aromatic amines is 1. The standard InChI is InChI=1S/C12H16FN3/c1-8(14)3-2-4-12-15-10-6-5-9(13)7-11(10)16-12/h5-8H,2-4,14H2,1H3,(H,15,16). The number of hydrogen-bond donors (Lipinski definition) is 2. The minimum absolute atomic E-state index is 0.224. The van der Waals surface area contributed by atoms with Gasteiger partial charge in [0.05, 0.1) is 11.0 Å². The third-order valence-corrected chi connectivity index (χ3v) is 2.57. The first-order valence-corrected chi connectivity index (χ1v) is 5.55. The third kappa shape index (κ3) is 2.58. The number of hydrogen-bond acceptors (Lipinski definition) is 2. The monoisotopic (exact) mass is 221 g/mol. The maximum absolute atomic E-state index is 12.9. The van der Waals surface area contributed by atoms with E-state index in [4.69, 9.17) is 5.73 Å². The van der Waals surface area contributed by atoms with Crippen molar-refractivity contribution in [2.45, 2.75) is 32.2 Å². The average Bonchev–Trinajstić information content (AvgIpc) is 2.58. The van der Waals surface area contributed by atoms with Crippen molar-refractivity contribution < 1.29 is 4.39 Å². The van der Waals surface area contributed by atoms with Crippen LogP contribution in [0.3, 0.4) is 0 Å². The van der Waals surface area contributed by atoms with Gasteiger partial charge in [0, 0.05) is 12.5 Å². The number of nitrogens with two attached hydrogens (primary N) is 1. The molecule has 0 bridgehead atoms. The normalized spacial score (nSPS) is 13.2. The first-order chi connectivity index (χ1) is 7.65. The zero-order valence-electron chi connectivity index (χ0n) is 9.33. The largest absolute Gasteiger partial charge is 0.342 e. The second kappa shape index (κ2) is 4.61. The zero-order valence-corrected chi connectivity index (χ0v) is 9.33. The van der Waals surface area contributed by atoms with Crippen LogP contribution in [0.4, 0.5) is 4.39 Å². The van der Waals surface area contributed by atoms with Crippen LogP contribution in [-0.4, -0.2) is 16.0 Å². The summed E-state index contributed by atoms with van der Waals surface area (Å²) in [5, 5.41) is 0. The molecule has 0 aliphatic rings. The fraction of sp³-hybridized carbons (Fsp3) is 0.417. The number of aromatic nitrogens is 2. The second-order valence-electron chi connectivity index (χ2n) is 4.21. The first kappa shape index (κ1) is 11.1. The molecule has 1 aromatic heterocycles. The Morgan fingerprint density at radius 2 is 2.31 bits per heavy atom. The van der Waals surface area contributed by atoms with Crippen molar-refractivity contribution in [2.75, 3.05) is 0 Å². The van der Waals surface area contributed by atoms with Crippen molar-refractivity contribution in [3.63, 3.8) is 0 Å². The highest BCUT2D eigenvalue weighted by molar-refractivity contribution is 5.74. The van der Waals surface area contributed by atoms with Crippen molar-refractivity contribution in [2.24, 2.45) is 5.73 Å². The lowest BCUT2D eigenvalue weighted by Crippen LogP contribution is -2.14. The van der Waals surface area contributed by atoms with Gasteiger partial charge >= 0.3 is 0 Å². The molecule has 1 heterocycles. The van der Waals surface area contributed by atoms with E-state index >= 15 is 0 Å². The molecule has 1 aromatic carbocycles. The van der Waals surface area contributed by atoms with Crippen LogP contribution in [0, 0.1) is 5.82 Å². The van der Waals surface area contributed by atoms with Gasteiger partial charge in [0.2, 0.25) is 0 Å². The van der Waals surface area contributed by atoms with Crippen LogP contribution < -0.4 is 5.73 Å². The number of benzene rings is 1. The minimum Gasteiger partial charge on any atom is -0.342 e. The molecule has 2 rings (SSSR count). The third-order valence-electron chi connectivity index (χ3n) is 2.57. The molecule has 0 aliphatic carbocycles. The predicted octanol–water partition coefficient (Wildman–Crippen LogP) is 2.37. The van der Waals surface area contributed by atoms with Crippen LogP contribution in [0.1, 0.15) is 25.6 Å². The van der Waals surface area contributed by atoms with Gasteiger partial charge in [-0.2, -0.15) is 0 Å². The fourth-order valence-corrected chi connectivity index (χ4v) is 1.74. The lowest BCUT2D eigenvalue weighted by atomic mass is 10.1. The molecule has 2 aromatic rings. The average molecular weight is 221 g/mol. The van der Waals surface area contributed by atoms with Crippen LogP contribution in [0.15, 0.2) is 18.2 Å². The minimum atomic E-state index is -0.238. The SMILES string of the molecule is CC(N)CCCc1nc2ccc(F)cc2[nH]1. The second-order valence-corrected chi connectivity index (χ2v) is 4.21. The molecule has 16 heavy (non-hydrogen) atoms. The molecule has 0 spiro atoms. The van der Waals surface area contributed by atoms with Crippen LogP contribution in [0.25, 0.3) is 11.0 Å². The van der Waals surface area contributed by atoms with Crippen molar-refractivity contribution >= 4 is 11.0 Å². The predicted molar refractivity (Wildman–Crippen MR) is 62.6 cm³/mol. The molecule has 3 N–H and O–H groups in total. The Kier molecular flexibility index (Phi) is 3.19. The van der Waals surface area contributed by atoms with Gasteiger partial charge in [0.25, 0.3) is 0 Å².